The highest BCUT2D eigenvalue weighted by molar-refractivity contribution is 9.09. The van der Waals surface area contributed by atoms with Gasteiger partial charge >= 0.3 is 0 Å². The summed E-state index contributed by atoms with van der Waals surface area (Å²) in [6, 6.07) is 7.71. The summed E-state index contributed by atoms with van der Waals surface area (Å²) in [5.41, 5.74) is 6.13. The van der Waals surface area contributed by atoms with Crippen LogP contribution in [-0.2, 0) is 10.8 Å². The molecule has 0 amide bonds. The van der Waals surface area contributed by atoms with E-state index in [1.165, 1.54) is 42.4 Å². The first-order valence-corrected chi connectivity index (χ1v) is 19.5. The van der Waals surface area contributed by atoms with Crippen LogP contribution < -0.4 is 0 Å². The van der Waals surface area contributed by atoms with E-state index in [0.29, 0.717) is 16.7 Å². The van der Waals surface area contributed by atoms with E-state index in [1.807, 2.05) is 0 Å². The molecular weight excluding hydrogens is 664 g/mol. The lowest BCUT2D eigenvalue weighted by Gasteiger charge is -2.48. The average molecular weight is 735 g/mol. The van der Waals surface area contributed by atoms with Gasteiger partial charge in [-0.05, 0) is 98.0 Å². The Hall–Kier alpha value is -0.340. The number of allylic oxidation sites excluding steroid dienone is 4. The normalized spacial score (nSPS) is 23.1. The lowest BCUT2D eigenvalue weighted by Crippen LogP contribution is -2.40. The van der Waals surface area contributed by atoms with Crippen LogP contribution in [0.2, 0.25) is 0 Å². The van der Waals surface area contributed by atoms with Crippen LogP contribution in [0.25, 0.3) is 0 Å². The lowest BCUT2D eigenvalue weighted by atomic mass is 9.56. The number of hydrogen-bond donors (Lipinski definition) is 0. The summed E-state index contributed by atoms with van der Waals surface area (Å²) in [5.74, 6) is 0.445. The van der Waals surface area contributed by atoms with Gasteiger partial charge in [0, 0.05) is 10.7 Å². The summed E-state index contributed by atoms with van der Waals surface area (Å²) < 4.78 is 0. The van der Waals surface area contributed by atoms with Crippen molar-refractivity contribution in [3.63, 3.8) is 0 Å². The summed E-state index contributed by atoms with van der Waals surface area (Å²) in [6.45, 7) is 39.8. The molecule has 0 saturated heterocycles. The van der Waals surface area contributed by atoms with Crippen LogP contribution in [0.5, 0.6) is 0 Å². The van der Waals surface area contributed by atoms with Crippen molar-refractivity contribution < 1.29 is 0 Å². The minimum absolute atomic E-state index is 0.0358. The molecule has 0 heterocycles. The molecule has 1 fully saturated rings. The molecule has 44 heavy (non-hydrogen) atoms. The maximum absolute atomic E-state index is 3.56. The monoisotopic (exact) mass is 732 g/mol. The third-order valence-corrected chi connectivity index (χ3v) is 14.0. The Bertz CT molecular complexity index is 1170. The zero-order chi connectivity index (χ0) is 34.2. The first-order valence-electron chi connectivity index (χ1n) is 17.3. The standard InChI is InChI=1S/C42H70Br2/c1-31(36(5,6)28-38(9,10)37(7,8)21-17-19-23-43)32-25-33(35(2,3)4)27-34(26-32)40(13,14)39(11,12)29-42(16)30-41(42,15)22-18-20-24-44/h17-20,25-27,31H,21-24,28-30H2,1-16H3. The SMILES string of the molecule is CC(c1cc(C(C)(C)C)cc(C(C)(C)C(C)(C)CC2(C)CC2(C)CC=CCBr)c1)C(C)(C)CC(C)(C)C(C)(C)CC=CCBr. The molecule has 0 nitrogen and oxygen atoms in total. The number of halogens is 2. The fourth-order valence-electron chi connectivity index (χ4n) is 7.80. The van der Waals surface area contributed by atoms with E-state index in [1.54, 1.807) is 0 Å². The van der Waals surface area contributed by atoms with Gasteiger partial charge in [0.15, 0.2) is 0 Å². The molecule has 1 aliphatic rings. The molecule has 0 spiro atoms. The van der Waals surface area contributed by atoms with Crippen molar-refractivity contribution in [3.05, 3.63) is 59.2 Å². The van der Waals surface area contributed by atoms with E-state index in [2.05, 4.69) is 185 Å². The summed E-state index contributed by atoms with van der Waals surface area (Å²) >= 11 is 7.11. The Kier molecular flexibility index (Phi) is 12.4. The fraction of sp³-hybridized carbons (Fsp3) is 0.762. The largest absolute Gasteiger partial charge is 0.0883 e. The van der Waals surface area contributed by atoms with E-state index in [-0.39, 0.29) is 32.5 Å². The number of alkyl halides is 2. The Morgan fingerprint density at radius 1 is 0.682 bits per heavy atom. The van der Waals surface area contributed by atoms with E-state index < -0.39 is 0 Å². The topological polar surface area (TPSA) is 0 Å². The molecule has 252 valence electrons. The van der Waals surface area contributed by atoms with Gasteiger partial charge < -0.3 is 0 Å². The Morgan fingerprint density at radius 2 is 1.20 bits per heavy atom. The predicted molar refractivity (Wildman–Crippen MR) is 207 cm³/mol. The van der Waals surface area contributed by atoms with Crippen LogP contribution in [0.15, 0.2) is 42.5 Å². The van der Waals surface area contributed by atoms with Gasteiger partial charge in [0.25, 0.3) is 0 Å². The molecule has 0 bridgehead atoms. The minimum atomic E-state index is 0.0358. The second-order valence-electron chi connectivity index (χ2n) is 19.4. The molecule has 1 aromatic carbocycles. The van der Waals surface area contributed by atoms with Crippen LogP contribution >= 0.6 is 31.9 Å². The van der Waals surface area contributed by atoms with Gasteiger partial charge in [0.2, 0.25) is 0 Å². The number of benzene rings is 1. The Morgan fingerprint density at radius 3 is 1.73 bits per heavy atom. The van der Waals surface area contributed by atoms with E-state index >= 15 is 0 Å². The van der Waals surface area contributed by atoms with Crippen LogP contribution in [0.3, 0.4) is 0 Å². The van der Waals surface area contributed by atoms with Gasteiger partial charge in [-0.1, -0.05) is 185 Å². The molecule has 0 N–H and O–H groups in total. The Balaban J connectivity index is 2.50. The van der Waals surface area contributed by atoms with Crippen molar-refractivity contribution in [1.29, 1.82) is 0 Å². The Labute approximate surface area is 292 Å². The zero-order valence-electron chi connectivity index (χ0n) is 31.8. The van der Waals surface area contributed by atoms with Crippen LogP contribution in [-0.4, -0.2) is 10.7 Å². The highest BCUT2D eigenvalue weighted by Crippen LogP contribution is 2.71. The second-order valence-corrected chi connectivity index (χ2v) is 20.7. The molecule has 1 aliphatic carbocycles. The van der Waals surface area contributed by atoms with Crippen molar-refractivity contribution in [2.24, 2.45) is 32.5 Å². The molecule has 1 aromatic rings. The second kappa shape index (κ2) is 13.6. The summed E-state index contributed by atoms with van der Waals surface area (Å²) in [5, 5.41) is 1.88. The van der Waals surface area contributed by atoms with Gasteiger partial charge in [-0.2, -0.15) is 0 Å². The maximum Gasteiger partial charge on any atom is 0.0212 e. The molecule has 3 atom stereocenters. The van der Waals surface area contributed by atoms with Crippen LogP contribution in [0, 0.1) is 32.5 Å². The van der Waals surface area contributed by atoms with Crippen molar-refractivity contribution in [2.75, 3.05) is 10.7 Å². The van der Waals surface area contributed by atoms with E-state index in [0.717, 1.165) is 17.1 Å². The van der Waals surface area contributed by atoms with Crippen LogP contribution in [0.4, 0.5) is 0 Å². The fourth-order valence-corrected chi connectivity index (χ4v) is 8.33. The average Bonchev–Trinajstić information content (AvgIpc) is 3.40. The lowest BCUT2D eigenvalue weighted by molar-refractivity contribution is 0.0455. The highest BCUT2D eigenvalue weighted by atomic mass is 79.9. The molecule has 2 rings (SSSR count). The number of rotatable bonds is 15. The molecular formula is C42H70Br2. The summed E-state index contributed by atoms with van der Waals surface area (Å²) in [6.07, 6.45) is 15.3. The van der Waals surface area contributed by atoms with Gasteiger partial charge in [0.1, 0.15) is 0 Å². The molecule has 1 saturated carbocycles. The van der Waals surface area contributed by atoms with Crippen molar-refractivity contribution in [1.82, 2.24) is 0 Å². The van der Waals surface area contributed by atoms with Crippen molar-refractivity contribution >= 4 is 31.9 Å². The van der Waals surface area contributed by atoms with Crippen LogP contribution in [0.1, 0.15) is 165 Å². The molecule has 3 unspecified atom stereocenters. The highest BCUT2D eigenvalue weighted by Gasteiger charge is 2.62. The van der Waals surface area contributed by atoms with Gasteiger partial charge in [-0.25, -0.2) is 0 Å². The maximum atomic E-state index is 3.56. The first-order chi connectivity index (χ1) is 19.7. The third-order valence-electron chi connectivity index (χ3n) is 13.3. The van der Waals surface area contributed by atoms with Crippen molar-refractivity contribution in [2.45, 2.75) is 160 Å². The summed E-state index contributed by atoms with van der Waals surface area (Å²) in [4.78, 5) is 0. The summed E-state index contributed by atoms with van der Waals surface area (Å²) in [7, 11) is 0. The molecule has 0 aliphatic heterocycles. The van der Waals surface area contributed by atoms with E-state index in [4.69, 9.17) is 0 Å². The van der Waals surface area contributed by atoms with Gasteiger partial charge in [-0.15, -0.1) is 0 Å². The molecule has 0 aromatic heterocycles. The quantitative estimate of drug-likeness (QED) is 0.124. The third kappa shape index (κ3) is 8.76. The molecule has 0 radical (unpaired) electrons. The smallest absolute Gasteiger partial charge is 0.0212 e. The van der Waals surface area contributed by atoms with Crippen molar-refractivity contribution in [3.8, 4) is 0 Å². The van der Waals surface area contributed by atoms with Gasteiger partial charge in [-0.3, -0.25) is 0 Å². The van der Waals surface area contributed by atoms with E-state index in [9.17, 15) is 0 Å². The van der Waals surface area contributed by atoms with Gasteiger partial charge in [0.05, 0.1) is 0 Å². The first kappa shape index (κ1) is 39.8. The number of hydrogen-bond acceptors (Lipinski definition) is 0. The predicted octanol–water partition coefficient (Wildman–Crippen LogP) is 14.3. The minimum Gasteiger partial charge on any atom is -0.0883 e. The zero-order valence-corrected chi connectivity index (χ0v) is 35.0. The molecule has 2 heteroatoms.